The van der Waals surface area contributed by atoms with Crippen LogP contribution in [0.25, 0.3) is 0 Å². The average Bonchev–Trinajstić information content (AvgIpc) is 2.32. The van der Waals surface area contributed by atoms with Gasteiger partial charge in [-0.25, -0.2) is 9.18 Å². The van der Waals surface area contributed by atoms with Gasteiger partial charge in [0.25, 0.3) is 0 Å². The van der Waals surface area contributed by atoms with Crippen molar-refractivity contribution in [1.29, 1.82) is 0 Å². The normalized spacial score (nSPS) is 14.1. The van der Waals surface area contributed by atoms with Crippen molar-refractivity contribution in [1.82, 2.24) is 0 Å². The van der Waals surface area contributed by atoms with Gasteiger partial charge in [0, 0.05) is 10.6 Å². The Morgan fingerprint density at radius 2 is 2.17 bits per heavy atom. The van der Waals surface area contributed by atoms with Crippen LogP contribution in [0.1, 0.15) is 18.6 Å². The number of rotatable bonds is 4. The predicted octanol–water partition coefficient (Wildman–Crippen LogP) is 1.02. The number of carbonyl (C=O) groups is 1. The lowest BCUT2D eigenvalue weighted by atomic mass is 10.0. The first-order valence-electron chi connectivity index (χ1n) is 5.15. The zero-order chi connectivity index (χ0) is 13.9. The van der Waals surface area contributed by atoms with Crippen LogP contribution in [0.3, 0.4) is 0 Å². The van der Waals surface area contributed by atoms with Crippen molar-refractivity contribution in [3.05, 3.63) is 28.5 Å². The van der Waals surface area contributed by atoms with Gasteiger partial charge in [-0.05, 0) is 19.1 Å². The van der Waals surface area contributed by atoms with Gasteiger partial charge in [-0.3, -0.25) is 0 Å². The molecule has 0 heterocycles. The van der Waals surface area contributed by atoms with Gasteiger partial charge < -0.3 is 20.7 Å². The Kier molecular flexibility index (Phi) is 4.89. The number of nitrogens with two attached hydrogens (primary N) is 1. The lowest BCUT2D eigenvalue weighted by Crippen LogP contribution is -2.30. The minimum atomic E-state index is -1.84. The Hall–Kier alpha value is -1.37. The number of aliphatic hydroxyl groups excluding tert-OH is 2. The molecular weight excluding hydrogens is 265 g/mol. The van der Waals surface area contributed by atoms with Gasteiger partial charge in [0.15, 0.2) is 6.10 Å². The van der Waals surface area contributed by atoms with Crippen LogP contribution in [-0.4, -0.2) is 28.9 Å². The van der Waals surface area contributed by atoms with E-state index < -0.39 is 24.0 Å². The van der Waals surface area contributed by atoms with E-state index in [4.69, 9.17) is 17.3 Å². The number of anilines is 1. The van der Waals surface area contributed by atoms with Crippen LogP contribution in [0.5, 0.6) is 0 Å². The Morgan fingerprint density at radius 1 is 1.56 bits per heavy atom. The summed E-state index contributed by atoms with van der Waals surface area (Å²) in [5.41, 5.74) is 4.95. The number of ether oxygens (including phenoxy) is 1. The van der Waals surface area contributed by atoms with Crippen LogP contribution in [0.4, 0.5) is 10.1 Å². The molecule has 0 aliphatic heterocycles. The molecule has 0 aromatic heterocycles. The molecule has 2 unspecified atom stereocenters. The molecule has 5 nitrogen and oxygen atoms in total. The summed E-state index contributed by atoms with van der Waals surface area (Å²) in [5, 5.41) is 19.2. The molecule has 0 spiro atoms. The Balaban J connectivity index is 3.00. The maximum atomic E-state index is 13.2. The topological polar surface area (TPSA) is 92.8 Å². The molecule has 100 valence electrons. The molecular formula is C11H13ClFNO4. The zero-order valence-corrected chi connectivity index (χ0v) is 10.3. The molecule has 0 bridgehead atoms. The summed E-state index contributed by atoms with van der Waals surface area (Å²) in [6.45, 7) is 1.60. The van der Waals surface area contributed by atoms with Gasteiger partial charge in [-0.2, -0.15) is 0 Å². The third-order valence-electron chi connectivity index (χ3n) is 2.26. The van der Waals surface area contributed by atoms with Crippen LogP contribution < -0.4 is 5.73 Å². The van der Waals surface area contributed by atoms with E-state index in [1.807, 2.05) is 0 Å². The molecule has 1 aromatic carbocycles. The fourth-order valence-corrected chi connectivity index (χ4v) is 1.61. The Labute approximate surface area is 108 Å². The molecule has 0 radical (unpaired) electrons. The molecule has 7 heteroatoms. The number of halogens is 2. The van der Waals surface area contributed by atoms with E-state index in [2.05, 4.69) is 4.74 Å². The monoisotopic (exact) mass is 277 g/mol. The lowest BCUT2D eigenvalue weighted by molar-refractivity contribution is -0.159. The van der Waals surface area contributed by atoms with Crippen molar-refractivity contribution in [3.8, 4) is 0 Å². The Bertz CT molecular complexity index is 455. The second-order valence-corrected chi connectivity index (χ2v) is 3.94. The van der Waals surface area contributed by atoms with Gasteiger partial charge in [-0.15, -0.1) is 0 Å². The molecule has 1 rings (SSSR count). The predicted molar refractivity (Wildman–Crippen MR) is 63.4 cm³/mol. The summed E-state index contributed by atoms with van der Waals surface area (Å²) in [6.07, 6.45) is -3.53. The molecule has 0 fully saturated rings. The largest absolute Gasteiger partial charge is 0.464 e. The first-order chi connectivity index (χ1) is 8.38. The highest BCUT2D eigenvalue weighted by molar-refractivity contribution is 6.31. The molecule has 4 N–H and O–H groups in total. The summed E-state index contributed by atoms with van der Waals surface area (Å²) >= 11 is 5.75. The fraction of sp³-hybridized carbons (Fsp3) is 0.364. The molecule has 18 heavy (non-hydrogen) atoms. The molecule has 0 saturated carbocycles. The third-order valence-corrected chi connectivity index (χ3v) is 2.59. The maximum Gasteiger partial charge on any atom is 0.338 e. The van der Waals surface area contributed by atoms with Crippen molar-refractivity contribution in [2.24, 2.45) is 0 Å². The van der Waals surface area contributed by atoms with Crippen LogP contribution in [0, 0.1) is 5.82 Å². The van der Waals surface area contributed by atoms with Crippen molar-refractivity contribution in [3.63, 3.8) is 0 Å². The van der Waals surface area contributed by atoms with Crippen LogP contribution in [-0.2, 0) is 9.53 Å². The van der Waals surface area contributed by atoms with Crippen molar-refractivity contribution in [2.45, 2.75) is 19.1 Å². The first-order valence-corrected chi connectivity index (χ1v) is 5.53. The van der Waals surface area contributed by atoms with Crippen LogP contribution in [0.15, 0.2) is 12.1 Å². The average molecular weight is 278 g/mol. The molecule has 2 atom stereocenters. The first kappa shape index (κ1) is 14.7. The number of carbonyl (C=O) groups excluding carboxylic acids is 1. The van der Waals surface area contributed by atoms with E-state index >= 15 is 0 Å². The maximum absolute atomic E-state index is 13.2. The molecule has 1 aromatic rings. The van der Waals surface area contributed by atoms with E-state index in [1.165, 1.54) is 0 Å². The quantitative estimate of drug-likeness (QED) is 0.564. The summed E-state index contributed by atoms with van der Waals surface area (Å²) in [5.74, 6) is -1.82. The van der Waals surface area contributed by atoms with Crippen molar-refractivity contribution in [2.75, 3.05) is 12.3 Å². The standard InChI is InChI=1S/C11H13ClFNO4/c1-2-18-11(17)10(16)9(15)5-3-7(13)8(14)4-6(5)12/h3-4,9-10,15-16H,2,14H2,1H3. The second-order valence-electron chi connectivity index (χ2n) is 3.54. The smallest absolute Gasteiger partial charge is 0.338 e. The molecule has 0 aliphatic rings. The number of nitrogen functional groups attached to an aromatic ring is 1. The van der Waals surface area contributed by atoms with E-state index in [1.54, 1.807) is 6.92 Å². The lowest BCUT2D eigenvalue weighted by Gasteiger charge is -2.18. The summed E-state index contributed by atoms with van der Waals surface area (Å²) in [7, 11) is 0. The second kappa shape index (κ2) is 5.99. The number of aliphatic hydroxyl groups is 2. The van der Waals surface area contributed by atoms with Gasteiger partial charge in [0.2, 0.25) is 0 Å². The van der Waals surface area contributed by atoms with E-state index in [0.29, 0.717) is 0 Å². The minimum Gasteiger partial charge on any atom is -0.464 e. The summed E-state index contributed by atoms with van der Waals surface area (Å²) in [6, 6.07) is 1.96. The minimum absolute atomic E-state index is 0.0481. The van der Waals surface area contributed by atoms with Crippen molar-refractivity contribution < 1.29 is 24.1 Å². The van der Waals surface area contributed by atoms with Gasteiger partial charge in [0.05, 0.1) is 12.3 Å². The summed E-state index contributed by atoms with van der Waals surface area (Å²) < 4.78 is 17.8. The van der Waals surface area contributed by atoms with Crippen molar-refractivity contribution >= 4 is 23.3 Å². The molecule has 0 amide bonds. The molecule has 0 saturated heterocycles. The van der Waals surface area contributed by atoms with E-state index in [-0.39, 0.29) is 22.9 Å². The fourth-order valence-electron chi connectivity index (χ4n) is 1.33. The van der Waals surface area contributed by atoms with Gasteiger partial charge in [0.1, 0.15) is 11.9 Å². The van der Waals surface area contributed by atoms with Crippen LogP contribution >= 0.6 is 11.6 Å². The van der Waals surface area contributed by atoms with Crippen LogP contribution in [0.2, 0.25) is 5.02 Å². The third kappa shape index (κ3) is 3.10. The number of esters is 1. The Morgan fingerprint density at radius 3 is 2.72 bits per heavy atom. The van der Waals surface area contributed by atoms with E-state index in [0.717, 1.165) is 12.1 Å². The van der Waals surface area contributed by atoms with Gasteiger partial charge in [-0.1, -0.05) is 11.6 Å². The number of hydrogen-bond donors (Lipinski definition) is 3. The number of hydrogen-bond acceptors (Lipinski definition) is 5. The van der Waals surface area contributed by atoms with E-state index in [9.17, 15) is 19.4 Å². The highest BCUT2D eigenvalue weighted by Gasteiger charge is 2.29. The molecule has 0 aliphatic carbocycles. The number of benzene rings is 1. The highest BCUT2D eigenvalue weighted by Crippen LogP contribution is 2.29. The highest BCUT2D eigenvalue weighted by atomic mass is 35.5. The SMILES string of the molecule is CCOC(=O)C(O)C(O)c1cc(F)c(N)cc1Cl. The van der Waals surface area contributed by atoms with Gasteiger partial charge >= 0.3 is 5.97 Å². The summed E-state index contributed by atoms with van der Waals surface area (Å²) in [4.78, 5) is 11.2. The zero-order valence-electron chi connectivity index (χ0n) is 9.56.